The molecule has 0 bridgehead atoms. The van der Waals surface area contributed by atoms with E-state index in [2.05, 4.69) is 18.0 Å². The number of fused-ring (bicyclic) bond motifs is 1. The first-order valence-electron chi connectivity index (χ1n) is 21.3. The Labute approximate surface area is 362 Å². The fourth-order valence-corrected chi connectivity index (χ4v) is 8.65. The number of nitriles is 1. The van der Waals surface area contributed by atoms with Crippen LogP contribution in [-0.2, 0) is 18.9 Å². The maximum atomic E-state index is 9.99. The van der Waals surface area contributed by atoms with Gasteiger partial charge in [0.05, 0.1) is 66.3 Å². The van der Waals surface area contributed by atoms with Crippen molar-refractivity contribution >= 4 is 23.5 Å². The third-order valence-corrected chi connectivity index (χ3v) is 12.1. The lowest BCUT2D eigenvalue weighted by Crippen LogP contribution is -2.20. The van der Waals surface area contributed by atoms with Gasteiger partial charge in [0.2, 0.25) is 0 Å². The molecule has 0 radical (unpaired) electrons. The van der Waals surface area contributed by atoms with E-state index in [4.69, 9.17) is 35.0 Å². The highest BCUT2D eigenvalue weighted by molar-refractivity contribution is 8.24. The van der Waals surface area contributed by atoms with Gasteiger partial charge in [0.15, 0.2) is 25.2 Å². The van der Waals surface area contributed by atoms with Gasteiger partial charge in [-0.1, -0.05) is 114 Å². The van der Waals surface area contributed by atoms with Gasteiger partial charge in [0, 0.05) is 0 Å². The second-order valence-corrected chi connectivity index (χ2v) is 17.3. The highest BCUT2D eigenvalue weighted by Crippen LogP contribution is 2.59. The number of rotatable bonds is 36. The summed E-state index contributed by atoms with van der Waals surface area (Å²) in [5.41, 5.74) is 2.13. The van der Waals surface area contributed by atoms with Gasteiger partial charge >= 0.3 is 0 Å². The molecule has 14 heteroatoms. The topological polar surface area (TPSA) is 164 Å². The lowest BCUT2D eigenvalue weighted by atomic mass is 10.1. The second kappa shape index (κ2) is 32.2. The molecule has 0 fully saturated rings. The summed E-state index contributed by atoms with van der Waals surface area (Å²) in [5.74, 6) is 1.58. The molecule has 0 aliphatic carbocycles. The lowest BCUT2D eigenvalue weighted by Gasteiger charge is -2.16. The van der Waals surface area contributed by atoms with E-state index in [1.165, 1.54) is 23.5 Å². The molecular formula is C45H70N2O10S2. The minimum atomic E-state index is -1.00. The molecule has 4 unspecified atom stereocenters. The Hall–Kier alpha value is -2.60. The Kier molecular flexibility index (Phi) is 28.6. The number of unbranched alkanes of at least 4 members (excludes halogenated alkanes) is 14. The molecule has 4 atom stereocenters. The Morgan fingerprint density at radius 1 is 0.644 bits per heavy atom. The normalized spacial score (nSPS) is 15.1. The third-order valence-electron chi connectivity index (χ3n) is 9.52. The average molecular weight is 863 g/mol. The summed E-state index contributed by atoms with van der Waals surface area (Å²) in [5, 5.41) is 48.6. The van der Waals surface area contributed by atoms with E-state index in [1.807, 2.05) is 19.1 Å². The van der Waals surface area contributed by atoms with Crippen molar-refractivity contribution in [3.8, 4) is 17.6 Å². The molecule has 0 saturated heterocycles. The van der Waals surface area contributed by atoms with Crippen LogP contribution in [0.4, 0.5) is 0 Å². The van der Waals surface area contributed by atoms with Crippen LogP contribution >= 0.6 is 23.5 Å². The van der Waals surface area contributed by atoms with E-state index in [-0.39, 0.29) is 32.1 Å². The van der Waals surface area contributed by atoms with E-state index in [1.54, 1.807) is 13.8 Å². The number of aryl methyl sites for hydroxylation is 1. The number of allylic oxidation sites excluding steroid dienone is 1. The van der Waals surface area contributed by atoms with Gasteiger partial charge in [-0.25, -0.2) is 10.1 Å². The lowest BCUT2D eigenvalue weighted by molar-refractivity contribution is -0.140. The van der Waals surface area contributed by atoms with Crippen LogP contribution < -0.4 is 9.47 Å². The molecule has 0 spiro atoms. The predicted molar refractivity (Wildman–Crippen MR) is 234 cm³/mol. The van der Waals surface area contributed by atoms with Crippen LogP contribution in [0.2, 0.25) is 0 Å². The first kappa shape index (κ1) is 52.5. The van der Waals surface area contributed by atoms with Gasteiger partial charge in [0.25, 0.3) is 5.70 Å². The Bertz CT molecular complexity index is 1480. The molecule has 4 N–H and O–H groups in total. The van der Waals surface area contributed by atoms with Crippen molar-refractivity contribution in [1.82, 2.24) is 0 Å². The van der Waals surface area contributed by atoms with E-state index < -0.39 is 25.2 Å². The minimum absolute atomic E-state index is 0.0861. The summed E-state index contributed by atoms with van der Waals surface area (Å²) in [6, 6.07) is 4.06. The number of ether oxygens (including phenoxy) is 6. The average Bonchev–Trinajstić information content (AvgIpc) is 3.65. The van der Waals surface area contributed by atoms with Crippen LogP contribution in [0.25, 0.3) is 4.85 Å². The molecule has 1 aliphatic heterocycles. The highest BCUT2D eigenvalue weighted by Gasteiger charge is 2.30. The van der Waals surface area contributed by atoms with Crippen molar-refractivity contribution in [2.45, 2.75) is 171 Å². The SMILES string of the molecule is [C-]#[N+]/C(C#N)=C1\Sc2c(OCCCCCCCCCCC(O)OCCOC(O)C(=C)C)cc(C)c(OCCCCCCCCCCC(O)OCCOC(O)C(=C)C)c2S1. The van der Waals surface area contributed by atoms with Crippen molar-refractivity contribution in [3.05, 3.63) is 57.3 Å². The largest absolute Gasteiger partial charge is 0.492 e. The van der Waals surface area contributed by atoms with E-state index >= 15 is 0 Å². The van der Waals surface area contributed by atoms with Crippen molar-refractivity contribution < 1.29 is 48.8 Å². The molecule has 0 amide bonds. The van der Waals surface area contributed by atoms with E-state index in [0.717, 1.165) is 130 Å². The maximum absolute atomic E-state index is 9.99. The van der Waals surface area contributed by atoms with Gasteiger partial charge in [-0.3, -0.25) is 0 Å². The summed E-state index contributed by atoms with van der Waals surface area (Å²) < 4.78 is 34.3. The number of aliphatic hydroxyl groups excluding tert-OH is 4. The molecule has 1 aromatic carbocycles. The second-order valence-electron chi connectivity index (χ2n) is 15.0. The first-order valence-corrected chi connectivity index (χ1v) is 22.9. The molecule has 59 heavy (non-hydrogen) atoms. The minimum Gasteiger partial charge on any atom is -0.492 e. The number of nitrogens with zero attached hydrogens (tertiary/aromatic N) is 2. The molecule has 0 aromatic heterocycles. The molecule has 12 nitrogen and oxygen atoms in total. The van der Waals surface area contributed by atoms with Gasteiger partial charge < -0.3 is 48.8 Å². The smallest absolute Gasteiger partial charge is 0.282 e. The number of hydrogen-bond donors (Lipinski definition) is 4. The van der Waals surface area contributed by atoms with Crippen LogP contribution in [0.5, 0.6) is 11.5 Å². The summed E-state index contributed by atoms with van der Waals surface area (Å²) in [7, 11) is 0. The number of aliphatic hydroxyl groups is 4. The molecule has 0 saturated carbocycles. The van der Waals surface area contributed by atoms with Crippen LogP contribution in [-0.4, -0.2) is 85.2 Å². The number of thioether (sulfide) groups is 2. The first-order chi connectivity index (χ1) is 28.5. The summed E-state index contributed by atoms with van der Waals surface area (Å²) in [6.07, 6.45) is 14.5. The summed E-state index contributed by atoms with van der Waals surface area (Å²) in [4.78, 5) is 5.29. The molecule has 1 heterocycles. The van der Waals surface area contributed by atoms with Crippen molar-refractivity contribution in [3.63, 3.8) is 0 Å². The van der Waals surface area contributed by atoms with Crippen LogP contribution in [0, 0.1) is 24.8 Å². The molecule has 2 rings (SSSR count). The predicted octanol–water partition coefficient (Wildman–Crippen LogP) is 10.1. The standard InChI is InChI=1S/C45H70N2O10S2/c1-33(2)43(50)56-29-27-53-38(48)23-19-15-11-7-9-13-17-21-25-52-37-31-35(5)40(42-41(37)58-45(59-42)36(32-46)47-6)55-26-22-18-14-10-8-12-16-20-24-39(49)54-28-30-57-44(51)34(3)4/h31,38-39,43-44,48-51H,1,3,7-30H2,2,4-5H3/b45-36+. The molecule has 1 aliphatic rings. The van der Waals surface area contributed by atoms with Crippen molar-refractivity contribution in [1.29, 1.82) is 5.26 Å². The van der Waals surface area contributed by atoms with Crippen LogP contribution in [0.3, 0.4) is 0 Å². The maximum Gasteiger partial charge on any atom is 0.282 e. The molecule has 332 valence electrons. The number of benzene rings is 1. The molecular weight excluding hydrogens is 793 g/mol. The zero-order chi connectivity index (χ0) is 43.3. The fourth-order valence-electron chi connectivity index (χ4n) is 6.08. The Balaban J connectivity index is 1.63. The van der Waals surface area contributed by atoms with Gasteiger partial charge in [-0.05, 0) is 82.1 Å². The molecule has 1 aromatic rings. The van der Waals surface area contributed by atoms with Crippen LogP contribution in [0.1, 0.15) is 135 Å². The van der Waals surface area contributed by atoms with Crippen LogP contribution in [0.15, 0.2) is 50.1 Å². The number of hydrogen-bond acceptors (Lipinski definition) is 13. The quantitative estimate of drug-likeness (QED) is 0.0166. The Morgan fingerprint density at radius 3 is 1.49 bits per heavy atom. The zero-order valence-electron chi connectivity index (χ0n) is 35.7. The monoisotopic (exact) mass is 862 g/mol. The van der Waals surface area contributed by atoms with Gasteiger partial charge in [-0.15, -0.1) is 0 Å². The van der Waals surface area contributed by atoms with E-state index in [0.29, 0.717) is 41.4 Å². The summed E-state index contributed by atoms with van der Waals surface area (Å²) in [6.45, 7) is 22.1. The van der Waals surface area contributed by atoms with E-state index in [9.17, 15) is 25.7 Å². The van der Waals surface area contributed by atoms with Gasteiger partial charge in [0.1, 0.15) is 11.5 Å². The van der Waals surface area contributed by atoms with Crippen molar-refractivity contribution in [2.24, 2.45) is 0 Å². The summed E-state index contributed by atoms with van der Waals surface area (Å²) >= 11 is 2.85. The van der Waals surface area contributed by atoms with Crippen molar-refractivity contribution in [2.75, 3.05) is 39.6 Å². The van der Waals surface area contributed by atoms with Gasteiger partial charge in [-0.2, -0.15) is 0 Å². The zero-order valence-corrected chi connectivity index (χ0v) is 37.4. The highest BCUT2D eigenvalue weighted by atomic mass is 32.2. The Morgan fingerprint density at radius 2 is 1.05 bits per heavy atom. The fraction of sp³-hybridized carbons (Fsp3) is 0.689. The third kappa shape index (κ3) is 22.7.